The van der Waals surface area contributed by atoms with Crippen molar-refractivity contribution in [2.45, 2.75) is 19.9 Å². The Morgan fingerprint density at radius 3 is 2.72 bits per heavy atom. The van der Waals surface area contributed by atoms with Crippen molar-refractivity contribution in [1.82, 2.24) is 20.1 Å². The molecule has 0 saturated carbocycles. The van der Waals surface area contributed by atoms with Gasteiger partial charge in [0.2, 0.25) is 0 Å². The van der Waals surface area contributed by atoms with Crippen molar-refractivity contribution in [1.29, 1.82) is 0 Å². The summed E-state index contributed by atoms with van der Waals surface area (Å²) in [4.78, 5) is 19.2. The van der Waals surface area contributed by atoms with Gasteiger partial charge in [-0.3, -0.25) is 9.89 Å². The number of nitrogens with zero attached hydrogens (tertiary/aromatic N) is 3. The largest absolute Gasteiger partial charge is 0.320 e. The summed E-state index contributed by atoms with van der Waals surface area (Å²) in [5.74, 6) is -2.86. The molecular formula is C25H26F2N6O2S. The highest BCUT2D eigenvalue weighted by molar-refractivity contribution is 7.86. The van der Waals surface area contributed by atoms with Crippen LogP contribution in [0.25, 0.3) is 22.3 Å². The first-order chi connectivity index (χ1) is 17.3. The maximum Gasteiger partial charge on any atom is 0.261 e. The SMILES string of the molecule is CCCS(=O)Nc1ccc(F)c(C(=O)Nc2cnc3n[nH]c(-c4cccc(CN(C)C)c4)c3c2)c1F. The maximum absolute atomic E-state index is 15.0. The van der Waals surface area contributed by atoms with Crippen LogP contribution in [0.4, 0.5) is 20.2 Å². The summed E-state index contributed by atoms with van der Waals surface area (Å²) in [6.07, 6.45) is 1.97. The number of carbonyl (C=O) groups is 1. The second-order valence-electron chi connectivity index (χ2n) is 8.52. The minimum atomic E-state index is -1.55. The van der Waals surface area contributed by atoms with Crippen molar-refractivity contribution in [3.05, 3.63) is 71.4 Å². The fraction of sp³-hybridized carbons (Fsp3) is 0.240. The molecule has 36 heavy (non-hydrogen) atoms. The summed E-state index contributed by atoms with van der Waals surface area (Å²) in [7, 11) is 2.42. The zero-order valence-electron chi connectivity index (χ0n) is 20.1. The Hall–Kier alpha value is -3.70. The Labute approximate surface area is 209 Å². The number of hydrogen-bond acceptors (Lipinski definition) is 5. The molecule has 0 aliphatic heterocycles. The predicted octanol–water partition coefficient (Wildman–Crippen LogP) is 4.70. The summed E-state index contributed by atoms with van der Waals surface area (Å²) >= 11 is 0. The van der Waals surface area contributed by atoms with Gasteiger partial charge in [-0.2, -0.15) is 5.10 Å². The Kier molecular flexibility index (Phi) is 7.70. The maximum atomic E-state index is 15.0. The van der Waals surface area contributed by atoms with Gasteiger partial charge in [-0.15, -0.1) is 0 Å². The first kappa shape index (κ1) is 25.4. The smallest absolute Gasteiger partial charge is 0.261 e. The number of anilines is 2. The molecule has 0 radical (unpaired) electrons. The normalized spacial score (nSPS) is 12.2. The number of aromatic amines is 1. The van der Waals surface area contributed by atoms with Crippen molar-refractivity contribution in [2.75, 3.05) is 29.9 Å². The van der Waals surface area contributed by atoms with E-state index in [0.29, 0.717) is 23.1 Å². The number of nitrogens with one attached hydrogen (secondary N) is 3. The molecule has 188 valence electrons. The molecule has 2 aromatic carbocycles. The molecule has 0 saturated heterocycles. The highest BCUT2D eigenvalue weighted by Crippen LogP contribution is 2.29. The third kappa shape index (κ3) is 5.58. The highest BCUT2D eigenvalue weighted by Gasteiger charge is 2.22. The van der Waals surface area contributed by atoms with Gasteiger partial charge in [0.25, 0.3) is 5.91 Å². The lowest BCUT2D eigenvalue weighted by atomic mass is 10.1. The van der Waals surface area contributed by atoms with Gasteiger partial charge in [-0.1, -0.05) is 25.1 Å². The zero-order valence-corrected chi connectivity index (χ0v) is 20.9. The third-order valence-electron chi connectivity index (χ3n) is 5.31. The number of carbonyl (C=O) groups excluding carboxylic acids is 1. The summed E-state index contributed by atoms with van der Waals surface area (Å²) < 4.78 is 43.9. The first-order valence-corrected chi connectivity index (χ1v) is 12.6. The van der Waals surface area contributed by atoms with E-state index in [1.54, 1.807) is 6.07 Å². The van der Waals surface area contributed by atoms with E-state index in [4.69, 9.17) is 0 Å². The van der Waals surface area contributed by atoms with Crippen LogP contribution in [0.2, 0.25) is 0 Å². The van der Waals surface area contributed by atoms with Crippen LogP contribution in [0.3, 0.4) is 0 Å². The van der Waals surface area contributed by atoms with Crippen LogP contribution in [0.5, 0.6) is 0 Å². The van der Waals surface area contributed by atoms with Gasteiger partial charge in [0.15, 0.2) is 11.5 Å². The monoisotopic (exact) mass is 512 g/mol. The number of rotatable bonds is 9. The van der Waals surface area contributed by atoms with E-state index < -0.39 is 34.1 Å². The summed E-state index contributed by atoms with van der Waals surface area (Å²) in [6.45, 7) is 2.59. The van der Waals surface area contributed by atoms with E-state index in [2.05, 4.69) is 30.1 Å². The minimum absolute atomic E-state index is 0.211. The molecule has 4 aromatic rings. The molecule has 0 fully saturated rings. The molecule has 2 heterocycles. The molecule has 1 unspecified atom stereocenters. The van der Waals surface area contributed by atoms with E-state index in [9.17, 15) is 17.8 Å². The topological polar surface area (TPSA) is 103 Å². The average Bonchev–Trinajstić information content (AvgIpc) is 3.24. The Morgan fingerprint density at radius 2 is 1.97 bits per heavy atom. The van der Waals surface area contributed by atoms with E-state index in [0.717, 1.165) is 29.8 Å². The van der Waals surface area contributed by atoms with Crippen LogP contribution in [0.15, 0.2) is 48.7 Å². The molecule has 4 rings (SSSR count). The van der Waals surface area contributed by atoms with Gasteiger partial charge >= 0.3 is 0 Å². The minimum Gasteiger partial charge on any atom is -0.320 e. The molecule has 3 N–H and O–H groups in total. The van der Waals surface area contributed by atoms with Gasteiger partial charge in [0.1, 0.15) is 22.4 Å². The number of hydrogen-bond donors (Lipinski definition) is 3. The quantitative estimate of drug-likeness (QED) is 0.302. The number of aromatic nitrogens is 3. The van der Waals surface area contributed by atoms with Gasteiger partial charge < -0.3 is 14.9 Å². The standard InChI is InChI=1S/C25H26F2N6O2S/c1-4-10-36(35)32-20-9-8-19(26)21(22(20)27)25(34)29-17-12-18-23(30-31-24(18)28-13-17)16-7-5-6-15(11-16)14-33(2)3/h5-9,11-13,32H,4,10,14H2,1-3H3,(H,29,34)(H,28,30,31). The number of pyridine rings is 1. The molecule has 2 aromatic heterocycles. The van der Waals surface area contributed by atoms with Gasteiger partial charge in [0, 0.05) is 23.2 Å². The van der Waals surface area contributed by atoms with E-state index in [1.165, 1.54) is 6.20 Å². The summed E-state index contributed by atoms with van der Waals surface area (Å²) in [6, 6.07) is 11.7. The van der Waals surface area contributed by atoms with Crippen molar-refractivity contribution >= 4 is 39.3 Å². The molecule has 0 aliphatic carbocycles. The predicted molar refractivity (Wildman–Crippen MR) is 138 cm³/mol. The molecule has 1 amide bonds. The molecule has 0 spiro atoms. The zero-order chi connectivity index (χ0) is 25.8. The fourth-order valence-corrected chi connectivity index (χ4v) is 4.65. The van der Waals surface area contributed by atoms with Crippen molar-refractivity contribution < 1.29 is 17.8 Å². The molecule has 8 nitrogen and oxygen atoms in total. The number of fused-ring (bicyclic) bond motifs is 1. The van der Waals surface area contributed by atoms with Crippen LogP contribution in [0, 0.1) is 11.6 Å². The molecule has 1 atom stereocenters. The Bertz CT molecular complexity index is 1440. The van der Waals surface area contributed by atoms with Crippen LogP contribution >= 0.6 is 0 Å². The van der Waals surface area contributed by atoms with E-state index in [1.807, 2.05) is 45.3 Å². The van der Waals surface area contributed by atoms with Crippen LogP contribution in [-0.4, -0.2) is 50.0 Å². The number of H-pyrrole nitrogens is 1. The Balaban J connectivity index is 1.63. The van der Waals surface area contributed by atoms with Crippen molar-refractivity contribution in [3.8, 4) is 11.3 Å². The summed E-state index contributed by atoms with van der Waals surface area (Å²) in [5.41, 5.74) is 2.38. The van der Waals surface area contributed by atoms with Crippen LogP contribution < -0.4 is 10.0 Å². The van der Waals surface area contributed by atoms with E-state index in [-0.39, 0.29) is 17.1 Å². The molecule has 11 heteroatoms. The second kappa shape index (κ2) is 10.9. The lowest BCUT2D eigenvalue weighted by Crippen LogP contribution is -2.18. The van der Waals surface area contributed by atoms with Crippen molar-refractivity contribution in [2.24, 2.45) is 0 Å². The molecular weight excluding hydrogens is 486 g/mol. The number of halogens is 2. The average molecular weight is 513 g/mol. The van der Waals surface area contributed by atoms with Crippen LogP contribution in [0.1, 0.15) is 29.3 Å². The fourth-order valence-electron chi connectivity index (χ4n) is 3.77. The third-order valence-corrected chi connectivity index (χ3v) is 6.54. The first-order valence-electron chi connectivity index (χ1n) is 11.3. The van der Waals surface area contributed by atoms with E-state index >= 15 is 0 Å². The summed E-state index contributed by atoms with van der Waals surface area (Å²) in [5, 5.41) is 10.4. The number of amides is 1. The molecule has 0 bridgehead atoms. The lowest BCUT2D eigenvalue weighted by Gasteiger charge is -2.12. The van der Waals surface area contributed by atoms with Gasteiger partial charge in [-0.05, 0) is 50.3 Å². The Morgan fingerprint density at radius 1 is 1.17 bits per heavy atom. The van der Waals surface area contributed by atoms with Gasteiger partial charge in [-0.25, -0.2) is 18.0 Å². The molecule has 0 aliphatic rings. The lowest BCUT2D eigenvalue weighted by molar-refractivity contribution is 0.101. The number of benzene rings is 2. The van der Waals surface area contributed by atoms with Crippen LogP contribution in [-0.2, 0) is 17.5 Å². The highest BCUT2D eigenvalue weighted by atomic mass is 32.2. The van der Waals surface area contributed by atoms with Gasteiger partial charge in [0.05, 0.1) is 23.3 Å². The second-order valence-corrected chi connectivity index (χ2v) is 9.83. The van der Waals surface area contributed by atoms with Crippen molar-refractivity contribution in [3.63, 3.8) is 0 Å².